The molecule has 154 valence electrons. The van der Waals surface area contributed by atoms with Gasteiger partial charge in [0.25, 0.3) is 0 Å². The van der Waals surface area contributed by atoms with Crippen LogP contribution in [0.3, 0.4) is 0 Å². The van der Waals surface area contributed by atoms with Crippen molar-refractivity contribution in [3.63, 3.8) is 0 Å². The van der Waals surface area contributed by atoms with Gasteiger partial charge in [0, 0.05) is 18.2 Å². The molecular weight excluding hydrogens is 398 g/mol. The van der Waals surface area contributed by atoms with Gasteiger partial charge in [-0.3, -0.25) is 15.0 Å². The SMILES string of the molecule is O=C(NO)S(=O)(=O)CCC[C@H]1CC(c2ccc(-c3ccc(CO)nc3)cc2)=NO1. The molecule has 2 heterocycles. The molecule has 0 bridgehead atoms. The maximum Gasteiger partial charge on any atom is 0.359 e. The Morgan fingerprint density at radius 1 is 1.14 bits per heavy atom. The molecule has 0 aliphatic carbocycles. The van der Waals surface area contributed by atoms with Gasteiger partial charge in [-0.15, -0.1) is 0 Å². The van der Waals surface area contributed by atoms with Gasteiger partial charge < -0.3 is 9.94 Å². The molecule has 0 unspecified atom stereocenters. The number of hydroxylamine groups is 1. The first-order valence-electron chi connectivity index (χ1n) is 8.99. The van der Waals surface area contributed by atoms with Gasteiger partial charge in [-0.1, -0.05) is 35.5 Å². The van der Waals surface area contributed by atoms with E-state index in [1.165, 1.54) is 0 Å². The summed E-state index contributed by atoms with van der Waals surface area (Å²) in [7, 11) is -4.02. The lowest BCUT2D eigenvalue weighted by Crippen LogP contribution is -2.29. The molecule has 1 amide bonds. The van der Waals surface area contributed by atoms with Crippen LogP contribution in [0.25, 0.3) is 11.1 Å². The van der Waals surface area contributed by atoms with E-state index < -0.39 is 15.1 Å². The second-order valence-corrected chi connectivity index (χ2v) is 8.61. The van der Waals surface area contributed by atoms with E-state index in [4.69, 9.17) is 15.2 Å². The molecule has 3 rings (SSSR count). The van der Waals surface area contributed by atoms with Crippen LogP contribution in [0.4, 0.5) is 4.79 Å². The fraction of sp³-hybridized carbons (Fsp3) is 0.316. The first kappa shape index (κ1) is 20.9. The monoisotopic (exact) mass is 419 g/mol. The van der Waals surface area contributed by atoms with Gasteiger partial charge in [0.1, 0.15) is 6.10 Å². The summed E-state index contributed by atoms with van der Waals surface area (Å²) in [6.07, 6.45) is 2.63. The van der Waals surface area contributed by atoms with Crippen molar-refractivity contribution in [2.75, 3.05) is 5.75 Å². The number of nitrogens with one attached hydrogen (secondary N) is 1. The second-order valence-electron chi connectivity index (χ2n) is 6.60. The van der Waals surface area contributed by atoms with Crippen LogP contribution in [-0.4, -0.2) is 46.5 Å². The van der Waals surface area contributed by atoms with E-state index in [0.717, 1.165) is 27.9 Å². The largest absolute Gasteiger partial charge is 0.392 e. The van der Waals surface area contributed by atoms with Crippen LogP contribution in [0.15, 0.2) is 47.8 Å². The van der Waals surface area contributed by atoms with Crippen LogP contribution >= 0.6 is 0 Å². The molecule has 1 aliphatic rings. The molecule has 2 aromatic rings. The van der Waals surface area contributed by atoms with Gasteiger partial charge in [-0.25, -0.2) is 13.9 Å². The highest BCUT2D eigenvalue weighted by Crippen LogP contribution is 2.24. The van der Waals surface area contributed by atoms with Crippen molar-refractivity contribution < 1.29 is 28.4 Å². The standard InChI is InChI=1S/C19H21N3O6S/c23-12-16-8-7-15(11-20-16)13-3-5-14(6-4-13)18-10-17(28-22-18)2-1-9-29(26,27)19(24)21-25/h3-8,11,17,23,25H,1-2,9-10,12H2,(H,21,24)/t17-/m0/s1. The molecule has 1 aromatic heterocycles. The number of benzene rings is 1. The zero-order valence-electron chi connectivity index (χ0n) is 15.5. The third-order valence-electron chi connectivity index (χ3n) is 4.58. The van der Waals surface area contributed by atoms with Crippen LogP contribution < -0.4 is 5.48 Å². The summed E-state index contributed by atoms with van der Waals surface area (Å²) >= 11 is 0. The molecule has 0 saturated heterocycles. The van der Waals surface area contributed by atoms with Crippen LogP contribution in [0.5, 0.6) is 0 Å². The molecule has 3 N–H and O–H groups in total. The van der Waals surface area contributed by atoms with E-state index in [9.17, 15) is 13.2 Å². The molecule has 0 radical (unpaired) electrons. The van der Waals surface area contributed by atoms with Gasteiger partial charge in [0.2, 0.25) is 9.84 Å². The number of carbonyl (C=O) groups excluding carboxylic acids is 1. The summed E-state index contributed by atoms with van der Waals surface area (Å²) in [6.45, 7) is -0.0965. The Kier molecular flexibility index (Phi) is 6.57. The number of aliphatic hydroxyl groups is 1. The lowest BCUT2D eigenvalue weighted by atomic mass is 10.00. The van der Waals surface area contributed by atoms with E-state index in [2.05, 4.69) is 10.1 Å². The minimum absolute atomic E-state index is 0.0965. The highest BCUT2D eigenvalue weighted by atomic mass is 32.2. The number of aromatic nitrogens is 1. The number of oxime groups is 1. The molecule has 1 atom stereocenters. The third-order valence-corrected chi connectivity index (χ3v) is 6.07. The van der Waals surface area contributed by atoms with Crippen molar-refractivity contribution in [1.82, 2.24) is 10.5 Å². The van der Waals surface area contributed by atoms with Gasteiger partial charge in [-0.2, -0.15) is 0 Å². The molecule has 0 spiro atoms. The Balaban J connectivity index is 1.54. The van der Waals surface area contributed by atoms with Crippen molar-refractivity contribution in [3.8, 4) is 11.1 Å². The Morgan fingerprint density at radius 3 is 2.45 bits per heavy atom. The van der Waals surface area contributed by atoms with E-state index in [-0.39, 0.29) is 24.9 Å². The fourth-order valence-electron chi connectivity index (χ4n) is 2.96. The maximum atomic E-state index is 11.5. The van der Waals surface area contributed by atoms with Crippen LogP contribution in [0.1, 0.15) is 30.5 Å². The molecule has 0 saturated carbocycles. The highest BCUT2D eigenvalue weighted by molar-refractivity contribution is 8.05. The number of amides is 1. The van der Waals surface area contributed by atoms with E-state index in [0.29, 0.717) is 18.5 Å². The third kappa shape index (κ3) is 5.17. The number of aliphatic hydroxyl groups excluding tert-OH is 1. The van der Waals surface area contributed by atoms with Crippen molar-refractivity contribution in [3.05, 3.63) is 53.9 Å². The minimum Gasteiger partial charge on any atom is -0.392 e. The van der Waals surface area contributed by atoms with Crippen molar-refractivity contribution >= 4 is 20.8 Å². The second kappa shape index (κ2) is 9.12. The molecule has 0 fully saturated rings. The van der Waals surface area contributed by atoms with E-state index in [1.807, 2.05) is 30.3 Å². The summed E-state index contributed by atoms with van der Waals surface area (Å²) in [5.41, 5.74) is 5.34. The lowest BCUT2D eigenvalue weighted by Gasteiger charge is -2.08. The summed E-state index contributed by atoms with van der Waals surface area (Å²) in [6, 6.07) is 11.4. The number of hydrogen-bond donors (Lipinski definition) is 3. The van der Waals surface area contributed by atoms with Crippen molar-refractivity contribution in [2.24, 2.45) is 5.16 Å². The van der Waals surface area contributed by atoms with E-state index >= 15 is 0 Å². The predicted octanol–water partition coefficient (Wildman–Crippen LogP) is 2.03. The molecular formula is C19H21N3O6S. The molecule has 1 aliphatic heterocycles. The smallest absolute Gasteiger partial charge is 0.359 e. The van der Waals surface area contributed by atoms with Crippen LogP contribution in [0.2, 0.25) is 0 Å². The number of hydrogen-bond acceptors (Lipinski definition) is 8. The predicted molar refractivity (Wildman–Crippen MR) is 105 cm³/mol. The number of pyridine rings is 1. The first-order valence-corrected chi connectivity index (χ1v) is 10.6. The van der Waals surface area contributed by atoms with Crippen LogP contribution in [0, 0.1) is 0 Å². The van der Waals surface area contributed by atoms with E-state index in [1.54, 1.807) is 12.3 Å². The number of carbonyl (C=O) groups is 1. The normalized spacial score (nSPS) is 16.2. The van der Waals surface area contributed by atoms with Crippen molar-refractivity contribution in [2.45, 2.75) is 32.0 Å². The Morgan fingerprint density at radius 2 is 1.83 bits per heavy atom. The Bertz CT molecular complexity index is 988. The van der Waals surface area contributed by atoms with Gasteiger partial charge in [0.05, 0.1) is 23.8 Å². The maximum absolute atomic E-state index is 11.5. The van der Waals surface area contributed by atoms with Gasteiger partial charge in [-0.05, 0) is 30.0 Å². The minimum atomic E-state index is -4.02. The fourth-order valence-corrected chi connectivity index (χ4v) is 3.83. The zero-order chi connectivity index (χ0) is 20.9. The molecule has 29 heavy (non-hydrogen) atoms. The quantitative estimate of drug-likeness (QED) is 0.461. The van der Waals surface area contributed by atoms with Crippen molar-refractivity contribution in [1.29, 1.82) is 0 Å². The highest BCUT2D eigenvalue weighted by Gasteiger charge is 2.25. The van der Waals surface area contributed by atoms with Crippen LogP contribution in [-0.2, 0) is 21.3 Å². The Hall–Kier alpha value is -2.82. The van der Waals surface area contributed by atoms with Gasteiger partial charge in [0.15, 0.2) is 0 Å². The molecule has 1 aromatic carbocycles. The summed E-state index contributed by atoms with van der Waals surface area (Å²) in [4.78, 5) is 20.6. The summed E-state index contributed by atoms with van der Waals surface area (Å²) < 4.78 is 23.1. The Labute approximate surface area is 167 Å². The number of sulfone groups is 1. The zero-order valence-corrected chi connectivity index (χ0v) is 16.3. The first-order chi connectivity index (χ1) is 13.9. The summed E-state index contributed by atoms with van der Waals surface area (Å²) in [5.74, 6) is -0.369. The number of rotatable bonds is 7. The topological polar surface area (TPSA) is 138 Å². The lowest BCUT2D eigenvalue weighted by molar-refractivity contribution is 0.0787. The molecule has 9 nitrogen and oxygen atoms in total. The average Bonchev–Trinajstić information content (AvgIpc) is 3.22. The van der Waals surface area contributed by atoms with Gasteiger partial charge >= 0.3 is 5.24 Å². The molecule has 10 heteroatoms. The number of nitrogens with zero attached hydrogens (tertiary/aromatic N) is 2. The average molecular weight is 419 g/mol. The summed E-state index contributed by atoms with van der Waals surface area (Å²) in [5, 5.41) is 20.2.